The first-order chi connectivity index (χ1) is 13.4. The number of hydrogen-bond acceptors (Lipinski definition) is 8. The largest absolute Gasteiger partial charge is 0.465 e. The lowest BCUT2D eigenvalue weighted by Crippen LogP contribution is -2.16. The second-order valence-corrected chi connectivity index (χ2v) is 9.37. The van der Waals surface area contributed by atoms with Gasteiger partial charge in [0.2, 0.25) is 5.91 Å². The zero-order valence-electron chi connectivity index (χ0n) is 15.9. The van der Waals surface area contributed by atoms with Gasteiger partial charge in [-0.25, -0.2) is 4.79 Å². The number of thiophene rings is 1. The molecule has 1 amide bonds. The number of hydrogen-bond donors (Lipinski definition) is 1. The van der Waals surface area contributed by atoms with Crippen LogP contribution in [0.2, 0.25) is 0 Å². The average Bonchev–Trinajstić information content (AvgIpc) is 3.27. The van der Waals surface area contributed by atoms with E-state index in [9.17, 15) is 9.59 Å². The predicted octanol–water partition coefficient (Wildman–Crippen LogP) is 4.71. The van der Waals surface area contributed by atoms with Gasteiger partial charge in [0.1, 0.15) is 15.6 Å². The summed E-state index contributed by atoms with van der Waals surface area (Å²) in [6.07, 6.45) is 0. The molecule has 0 fully saturated rings. The van der Waals surface area contributed by atoms with Gasteiger partial charge in [0.15, 0.2) is 4.34 Å². The lowest BCUT2D eigenvalue weighted by Gasteiger charge is -2.10. The standard InChI is InChI=1S/C19H19N3O3S3/c1-10-5-6-11(2)13(7-10)14-8-26-17(16(14)18(24)25-4)20-15(23)9-27-19-22-21-12(3)28-19/h5-8H,9H2,1-4H3,(H,20,23). The van der Waals surface area contributed by atoms with E-state index in [0.717, 1.165) is 31.6 Å². The molecule has 1 aromatic carbocycles. The molecule has 9 heteroatoms. The third-order valence-corrected chi connectivity index (χ3v) is 6.82. The Balaban J connectivity index is 1.85. The zero-order chi connectivity index (χ0) is 20.3. The summed E-state index contributed by atoms with van der Waals surface area (Å²) >= 11 is 4.07. The third kappa shape index (κ3) is 4.60. The molecule has 0 atom stereocenters. The van der Waals surface area contributed by atoms with E-state index >= 15 is 0 Å². The van der Waals surface area contributed by atoms with Gasteiger partial charge in [-0.15, -0.1) is 21.5 Å². The molecule has 0 spiro atoms. The van der Waals surface area contributed by atoms with Crippen molar-refractivity contribution in [2.45, 2.75) is 25.1 Å². The highest BCUT2D eigenvalue weighted by atomic mass is 32.2. The monoisotopic (exact) mass is 433 g/mol. The molecule has 3 rings (SSSR count). The molecule has 0 aliphatic heterocycles. The summed E-state index contributed by atoms with van der Waals surface area (Å²) in [6, 6.07) is 6.07. The van der Waals surface area contributed by atoms with Crippen molar-refractivity contribution in [2.24, 2.45) is 0 Å². The molecule has 6 nitrogen and oxygen atoms in total. The number of aryl methyl sites for hydroxylation is 3. The van der Waals surface area contributed by atoms with Crippen LogP contribution in [0.1, 0.15) is 26.5 Å². The Kier molecular flexibility index (Phi) is 6.48. The number of amides is 1. The Morgan fingerprint density at radius 2 is 1.96 bits per heavy atom. The van der Waals surface area contributed by atoms with Crippen LogP contribution in [0.4, 0.5) is 5.00 Å². The summed E-state index contributed by atoms with van der Waals surface area (Å²) in [5.41, 5.74) is 4.24. The Labute approximate surface area is 175 Å². The Hall–Kier alpha value is -2.23. The molecule has 0 saturated carbocycles. The molecule has 0 saturated heterocycles. The first-order valence-electron chi connectivity index (χ1n) is 8.39. The Morgan fingerprint density at radius 3 is 2.64 bits per heavy atom. The van der Waals surface area contributed by atoms with E-state index in [4.69, 9.17) is 4.74 Å². The highest BCUT2D eigenvalue weighted by Gasteiger charge is 2.23. The van der Waals surface area contributed by atoms with Gasteiger partial charge in [-0.05, 0) is 31.9 Å². The Bertz CT molecular complexity index is 1030. The van der Waals surface area contributed by atoms with E-state index in [2.05, 4.69) is 15.5 Å². The van der Waals surface area contributed by atoms with Crippen LogP contribution >= 0.6 is 34.4 Å². The minimum atomic E-state index is -0.472. The molecule has 2 aromatic heterocycles. The van der Waals surface area contributed by atoms with Gasteiger partial charge in [-0.2, -0.15) is 0 Å². The van der Waals surface area contributed by atoms with Crippen LogP contribution in [0.5, 0.6) is 0 Å². The zero-order valence-corrected chi connectivity index (χ0v) is 18.3. The highest BCUT2D eigenvalue weighted by molar-refractivity contribution is 8.01. The molecule has 0 unspecified atom stereocenters. The number of benzene rings is 1. The van der Waals surface area contributed by atoms with Gasteiger partial charge in [0, 0.05) is 10.9 Å². The summed E-state index contributed by atoms with van der Waals surface area (Å²) in [5, 5.41) is 14.0. The maximum atomic E-state index is 12.5. The maximum absolute atomic E-state index is 12.5. The number of carbonyl (C=O) groups excluding carboxylic acids is 2. The van der Waals surface area contributed by atoms with Crippen LogP contribution in [0.3, 0.4) is 0 Å². The van der Waals surface area contributed by atoms with Crippen LogP contribution < -0.4 is 5.32 Å². The van der Waals surface area contributed by atoms with Crippen molar-refractivity contribution in [3.05, 3.63) is 45.3 Å². The summed E-state index contributed by atoms with van der Waals surface area (Å²) in [5.74, 6) is -0.497. The fourth-order valence-electron chi connectivity index (χ4n) is 2.61. The van der Waals surface area contributed by atoms with E-state index in [1.165, 1.54) is 41.5 Å². The van der Waals surface area contributed by atoms with Crippen molar-refractivity contribution in [1.82, 2.24) is 10.2 Å². The molecule has 0 bridgehead atoms. The van der Waals surface area contributed by atoms with Crippen LogP contribution in [-0.4, -0.2) is 34.9 Å². The number of aromatic nitrogens is 2. The van der Waals surface area contributed by atoms with Crippen molar-refractivity contribution in [2.75, 3.05) is 18.2 Å². The number of rotatable bonds is 6. The molecule has 1 N–H and O–H groups in total. The number of anilines is 1. The van der Waals surface area contributed by atoms with Crippen LogP contribution in [-0.2, 0) is 9.53 Å². The lowest BCUT2D eigenvalue weighted by atomic mass is 9.97. The molecular formula is C19H19N3O3S3. The molecule has 2 heterocycles. The van der Waals surface area contributed by atoms with Gasteiger partial charge in [0.05, 0.1) is 12.9 Å². The van der Waals surface area contributed by atoms with Gasteiger partial charge in [-0.3, -0.25) is 4.79 Å². The Morgan fingerprint density at radius 1 is 1.18 bits per heavy atom. The van der Waals surface area contributed by atoms with Gasteiger partial charge >= 0.3 is 5.97 Å². The molecule has 28 heavy (non-hydrogen) atoms. The van der Waals surface area contributed by atoms with Crippen LogP contribution in [0.15, 0.2) is 27.9 Å². The first-order valence-corrected chi connectivity index (χ1v) is 11.1. The number of esters is 1. The summed E-state index contributed by atoms with van der Waals surface area (Å²) < 4.78 is 5.71. The fourth-order valence-corrected chi connectivity index (χ4v) is 5.19. The number of ether oxygens (including phenoxy) is 1. The van der Waals surface area contributed by atoms with E-state index in [1.54, 1.807) is 0 Å². The normalized spacial score (nSPS) is 10.7. The van der Waals surface area contributed by atoms with Gasteiger partial charge in [0.25, 0.3) is 0 Å². The number of carbonyl (C=O) groups is 2. The summed E-state index contributed by atoms with van der Waals surface area (Å²) in [7, 11) is 1.34. The molecule has 3 aromatic rings. The minimum Gasteiger partial charge on any atom is -0.465 e. The van der Waals surface area contributed by atoms with Crippen LogP contribution in [0.25, 0.3) is 11.1 Å². The lowest BCUT2D eigenvalue weighted by molar-refractivity contribution is -0.113. The SMILES string of the molecule is COC(=O)c1c(-c2cc(C)ccc2C)csc1NC(=O)CSc1nnc(C)s1. The van der Waals surface area contributed by atoms with E-state index in [0.29, 0.717) is 10.6 Å². The summed E-state index contributed by atoms with van der Waals surface area (Å²) in [6.45, 7) is 5.86. The van der Waals surface area contributed by atoms with Crippen LogP contribution in [0, 0.1) is 20.8 Å². The topological polar surface area (TPSA) is 81.2 Å². The minimum absolute atomic E-state index is 0.186. The smallest absolute Gasteiger partial charge is 0.341 e. The van der Waals surface area contributed by atoms with E-state index in [-0.39, 0.29) is 11.7 Å². The maximum Gasteiger partial charge on any atom is 0.341 e. The number of nitrogens with zero attached hydrogens (tertiary/aromatic N) is 2. The quantitative estimate of drug-likeness (QED) is 0.448. The molecule has 0 aliphatic carbocycles. The van der Waals surface area contributed by atoms with Crippen molar-refractivity contribution in [3.63, 3.8) is 0 Å². The van der Waals surface area contributed by atoms with Crippen molar-refractivity contribution in [1.29, 1.82) is 0 Å². The highest BCUT2D eigenvalue weighted by Crippen LogP contribution is 2.38. The molecule has 0 aliphatic rings. The number of nitrogens with one attached hydrogen (secondary N) is 1. The van der Waals surface area contributed by atoms with Crippen molar-refractivity contribution < 1.29 is 14.3 Å². The molecular weight excluding hydrogens is 414 g/mol. The van der Waals surface area contributed by atoms with Crippen molar-refractivity contribution in [3.8, 4) is 11.1 Å². The second kappa shape index (κ2) is 8.85. The van der Waals surface area contributed by atoms with E-state index in [1.807, 2.05) is 44.4 Å². The fraction of sp³-hybridized carbons (Fsp3) is 0.263. The van der Waals surface area contributed by atoms with Gasteiger partial charge in [-0.1, -0.05) is 46.9 Å². The third-order valence-electron chi connectivity index (χ3n) is 3.95. The van der Waals surface area contributed by atoms with E-state index < -0.39 is 5.97 Å². The second-order valence-electron chi connectivity index (χ2n) is 6.09. The number of thioether (sulfide) groups is 1. The molecule has 0 radical (unpaired) electrons. The predicted molar refractivity (Wildman–Crippen MR) is 115 cm³/mol. The summed E-state index contributed by atoms with van der Waals surface area (Å²) in [4.78, 5) is 24.9. The number of methoxy groups -OCH3 is 1. The molecule has 146 valence electrons. The average molecular weight is 434 g/mol. The van der Waals surface area contributed by atoms with Gasteiger partial charge < -0.3 is 10.1 Å². The first kappa shape index (κ1) is 20.5. The van der Waals surface area contributed by atoms with Crippen molar-refractivity contribution >= 4 is 51.3 Å².